The number of nitrogens with zero attached hydrogens (tertiary/aromatic N) is 2. The largest absolute Gasteiger partial charge is 0.364 e. The average Bonchev–Trinajstić information content (AvgIpc) is 2.67. The first-order chi connectivity index (χ1) is 13.3. The van der Waals surface area contributed by atoms with E-state index in [2.05, 4.69) is 40.6 Å². The molecule has 0 aliphatic rings. The lowest BCUT2D eigenvalue weighted by Crippen LogP contribution is -2.30. The van der Waals surface area contributed by atoms with Gasteiger partial charge in [-0.05, 0) is 50.6 Å². The molecule has 2 aromatic carbocycles. The molecular formula is C22H25N3O2S. The van der Waals surface area contributed by atoms with E-state index in [4.69, 9.17) is 0 Å². The molecule has 1 heterocycles. The van der Waals surface area contributed by atoms with Crippen LogP contribution in [0.25, 0.3) is 0 Å². The lowest BCUT2D eigenvalue weighted by atomic mass is 10.1. The number of aryl methyl sites for hydroxylation is 1. The second kappa shape index (κ2) is 8.44. The molecule has 146 valence electrons. The van der Waals surface area contributed by atoms with Gasteiger partial charge >= 0.3 is 0 Å². The van der Waals surface area contributed by atoms with Crippen molar-refractivity contribution in [3.05, 3.63) is 84.1 Å². The first kappa shape index (κ1) is 19.9. The lowest BCUT2D eigenvalue weighted by molar-refractivity contribution is 0.601. The minimum Gasteiger partial charge on any atom is -0.364 e. The second-order valence-corrected chi connectivity index (χ2v) is 8.71. The molecule has 0 radical (unpaired) electrons. The molecule has 0 saturated heterocycles. The molecule has 0 saturated carbocycles. The van der Waals surface area contributed by atoms with E-state index in [0.717, 1.165) is 17.8 Å². The van der Waals surface area contributed by atoms with E-state index in [0.29, 0.717) is 5.82 Å². The molecule has 0 spiro atoms. The zero-order chi connectivity index (χ0) is 20.1. The summed E-state index contributed by atoms with van der Waals surface area (Å²) < 4.78 is 27.6. The molecule has 5 nitrogen and oxygen atoms in total. The predicted molar refractivity (Wildman–Crippen MR) is 114 cm³/mol. The Kier molecular flexibility index (Phi) is 5.99. The molecular weight excluding hydrogens is 370 g/mol. The highest BCUT2D eigenvalue weighted by Crippen LogP contribution is 2.22. The number of rotatable bonds is 7. The number of benzene rings is 2. The van der Waals surface area contributed by atoms with E-state index in [1.165, 1.54) is 5.56 Å². The van der Waals surface area contributed by atoms with E-state index in [9.17, 15) is 8.42 Å². The summed E-state index contributed by atoms with van der Waals surface area (Å²) in [7, 11) is -3.65. The first-order valence-electron chi connectivity index (χ1n) is 9.21. The van der Waals surface area contributed by atoms with Gasteiger partial charge in [0, 0.05) is 12.6 Å². The molecule has 0 fully saturated rings. The molecule has 1 aromatic heterocycles. The van der Waals surface area contributed by atoms with Crippen molar-refractivity contribution < 1.29 is 8.42 Å². The molecule has 28 heavy (non-hydrogen) atoms. The summed E-state index contributed by atoms with van der Waals surface area (Å²) in [5.41, 5.74) is 3.16. The normalized spacial score (nSPS) is 11.4. The van der Waals surface area contributed by atoms with Crippen LogP contribution in [-0.4, -0.2) is 19.4 Å². The third-order valence-corrected chi connectivity index (χ3v) is 5.84. The van der Waals surface area contributed by atoms with Crippen LogP contribution in [-0.2, 0) is 16.6 Å². The van der Waals surface area contributed by atoms with Crippen LogP contribution in [0.4, 0.5) is 11.5 Å². The van der Waals surface area contributed by atoms with Gasteiger partial charge in [-0.25, -0.2) is 13.4 Å². The van der Waals surface area contributed by atoms with Crippen molar-refractivity contribution in [3.63, 3.8) is 0 Å². The number of aromatic nitrogens is 1. The van der Waals surface area contributed by atoms with Crippen molar-refractivity contribution >= 4 is 21.5 Å². The van der Waals surface area contributed by atoms with Gasteiger partial charge in [-0.3, -0.25) is 4.72 Å². The smallest absolute Gasteiger partial charge is 0.263 e. The van der Waals surface area contributed by atoms with Crippen LogP contribution in [0.5, 0.6) is 0 Å². The molecule has 3 aromatic rings. The van der Waals surface area contributed by atoms with E-state index >= 15 is 0 Å². The summed E-state index contributed by atoms with van der Waals surface area (Å²) in [6, 6.07) is 20.8. The van der Waals surface area contributed by atoms with Gasteiger partial charge in [0.15, 0.2) is 0 Å². The van der Waals surface area contributed by atoms with Gasteiger partial charge in [0.05, 0.1) is 16.8 Å². The van der Waals surface area contributed by atoms with Gasteiger partial charge in [0.2, 0.25) is 0 Å². The Morgan fingerprint density at radius 1 is 0.964 bits per heavy atom. The van der Waals surface area contributed by atoms with Crippen molar-refractivity contribution in [2.24, 2.45) is 0 Å². The quantitative estimate of drug-likeness (QED) is 0.635. The topological polar surface area (TPSA) is 62.3 Å². The molecule has 0 aliphatic carbocycles. The number of pyridine rings is 1. The predicted octanol–water partition coefficient (Wildman–Crippen LogP) is 4.61. The molecule has 0 bridgehead atoms. The Hall–Kier alpha value is -2.86. The highest BCUT2D eigenvalue weighted by atomic mass is 32.2. The Morgan fingerprint density at radius 2 is 1.64 bits per heavy atom. The Morgan fingerprint density at radius 3 is 2.21 bits per heavy atom. The Bertz CT molecular complexity index is 1000. The van der Waals surface area contributed by atoms with Crippen molar-refractivity contribution in [1.29, 1.82) is 0 Å². The fraction of sp³-hybridized carbons (Fsp3) is 0.227. The minimum absolute atomic E-state index is 0.219. The molecule has 3 rings (SSSR count). The summed E-state index contributed by atoms with van der Waals surface area (Å²) in [6.45, 7) is 6.92. The fourth-order valence-corrected chi connectivity index (χ4v) is 3.89. The highest BCUT2D eigenvalue weighted by molar-refractivity contribution is 7.92. The summed E-state index contributed by atoms with van der Waals surface area (Å²) >= 11 is 0. The van der Waals surface area contributed by atoms with Crippen molar-refractivity contribution in [3.8, 4) is 0 Å². The molecule has 0 aliphatic heterocycles. The first-order valence-corrected chi connectivity index (χ1v) is 10.7. The minimum atomic E-state index is -3.65. The third kappa shape index (κ3) is 4.89. The van der Waals surface area contributed by atoms with Gasteiger partial charge in [0.1, 0.15) is 5.82 Å². The van der Waals surface area contributed by atoms with Crippen LogP contribution in [0.1, 0.15) is 25.0 Å². The van der Waals surface area contributed by atoms with Gasteiger partial charge in [0.25, 0.3) is 10.0 Å². The molecule has 1 N–H and O–H groups in total. The van der Waals surface area contributed by atoms with Crippen LogP contribution < -0.4 is 9.62 Å². The van der Waals surface area contributed by atoms with Crippen molar-refractivity contribution in [2.75, 3.05) is 9.62 Å². The van der Waals surface area contributed by atoms with Crippen molar-refractivity contribution in [2.45, 2.75) is 38.3 Å². The summed E-state index contributed by atoms with van der Waals surface area (Å²) in [5.74, 6) is 0.299. The number of nitrogens with one attached hydrogen (secondary N) is 1. The Labute approximate surface area is 167 Å². The molecule has 0 atom stereocenters. The highest BCUT2D eigenvalue weighted by Gasteiger charge is 2.16. The van der Waals surface area contributed by atoms with E-state index in [-0.39, 0.29) is 10.9 Å². The van der Waals surface area contributed by atoms with Gasteiger partial charge < -0.3 is 4.90 Å². The van der Waals surface area contributed by atoms with E-state index in [1.54, 1.807) is 36.5 Å². The summed E-state index contributed by atoms with van der Waals surface area (Å²) in [5, 5.41) is 0. The third-order valence-electron chi connectivity index (χ3n) is 4.47. The summed E-state index contributed by atoms with van der Waals surface area (Å²) in [4.78, 5) is 6.76. The summed E-state index contributed by atoms with van der Waals surface area (Å²) in [6.07, 6.45) is 1.70. The van der Waals surface area contributed by atoms with Gasteiger partial charge in [-0.15, -0.1) is 0 Å². The van der Waals surface area contributed by atoms with Crippen molar-refractivity contribution in [1.82, 2.24) is 4.98 Å². The Balaban J connectivity index is 1.77. The lowest BCUT2D eigenvalue weighted by Gasteiger charge is -2.29. The molecule has 0 amide bonds. The molecule has 0 unspecified atom stereocenters. The monoisotopic (exact) mass is 395 g/mol. The maximum Gasteiger partial charge on any atom is 0.263 e. The molecule has 6 heteroatoms. The SMILES string of the molecule is Cc1ccc(S(=O)(=O)Nc2ccc(N(Cc3ccccc3)C(C)C)cn2)cc1. The zero-order valence-corrected chi connectivity index (χ0v) is 17.1. The fourth-order valence-electron chi connectivity index (χ4n) is 2.88. The van der Waals surface area contributed by atoms with Crippen LogP contribution >= 0.6 is 0 Å². The maximum atomic E-state index is 12.5. The average molecular weight is 396 g/mol. The van der Waals surface area contributed by atoms with E-state index < -0.39 is 10.0 Å². The standard InChI is InChI=1S/C22H25N3O2S/c1-17(2)25(16-19-7-5-4-6-8-19)20-11-14-22(23-15-20)24-28(26,27)21-12-9-18(3)10-13-21/h4-15,17H,16H2,1-3H3,(H,23,24). The van der Waals surface area contributed by atoms with Crippen LogP contribution in [0.2, 0.25) is 0 Å². The number of sulfonamides is 1. The van der Waals surface area contributed by atoms with Crippen LogP contribution in [0, 0.1) is 6.92 Å². The maximum absolute atomic E-state index is 12.5. The number of anilines is 2. The van der Waals surface area contributed by atoms with Crippen LogP contribution in [0.3, 0.4) is 0 Å². The van der Waals surface area contributed by atoms with Crippen LogP contribution in [0.15, 0.2) is 77.8 Å². The number of hydrogen-bond acceptors (Lipinski definition) is 4. The van der Waals surface area contributed by atoms with Gasteiger partial charge in [-0.2, -0.15) is 0 Å². The second-order valence-electron chi connectivity index (χ2n) is 7.03. The van der Waals surface area contributed by atoms with Gasteiger partial charge in [-0.1, -0.05) is 48.0 Å². The zero-order valence-electron chi connectivity index (χ0n) is 16.3. The van der Waals surface area contributed by atoms with E-state index in [1.807, 2.05) is 31.2 Å². The number of hydrogen-bond donors (Lipinski definition) is 1.